The first-order valence-electron chi connectivity index (χ1n) is 8.06. The Morgan fingerprint density at radius 2 is 1.68 bits per heavy atom. The number of benzene rings is 3. The molecule has 0 aliphatic carbocycles. The molecule has 3 aromatic carbocycles. The summed E-state index contributed by atoms with van der Waals surface area (Å²) in [7, 11) is 0. The first kappa shape index (κ1) is 15.5. The van der Waals surface area contributed by atoms with Gasteiger partial charge in [-0.15, -0.1) is 11.3 Å². The summed E-state index contributed by atoms with van der Waals surface area (Å²) >= 11 is 1.44. The largest absolute Gasteiger partial charge is 0.302 e. The molecule has 3 nitrogen and oxygen atoms in total. The van der Waals surface area contributed by atoms with Gasteiger partial charge < -0.3 is 5.32 Å². The summed E-state index contributed by atoms with van der Waals surface area (Å²) in [5.74, 6) is -0.0516. The van der Waals surface area contributed by atoms with Crippen molar-refractivity contribution in [2.75, 3.05) is 5.32 Å². The molecule has 1 N–H and O–H groups in total. The molecule has 0 atom stereocenters. The molecule has 0 bridgehead atoms. The maximum atomic E-state index is 12.3. The van der Waals surface area contributed by atoms with Crippen molar-refractivity contribution in [2.45, 2.75) is 6.42 Å². The molecule has 1 aromatic heterocycles. The Hall–Kier alpha value is -2.98. The van der Waals surface area contributed by atoms with E-state index < -0.39 is 0 Å². The average Bonchev–Trinajstić information content (AvgIpc) is 3.10. The van der Waals surface area contributed by atoms with Gasteiger partial charge in [-0.1, -0.05) is 72.8 Å². The Labute approximate surface area is 150 Å². The molecule has 0 radical (unpaired) electrons. The van der Waals surface area contributed by atoms with Crippen LogP contribution in [0.15, 0.2) is 78.2 Å². The highest BCUT2D eigenvalue weighted by Crippen LogP contribution is 2.24. The van der Waals surface area contributed by atoms with E-state index in [1.165, 1.54) is 16.7 Å². The molecule has 25 heavy (non-hydrogen) atoms. The molecule has 1 heterocycles. The number of hydrogen-bond donors (Lipinski definition) is 1. The lowest BCUT2D eigenvalue weighted by Crippen LogP contribution is -2.14. The van der Waals surface area contributed by atoms with Crippen LogP contribution in [-0.4, -0.2) is 10.9 Å². The number of carbonyl (C=O) groups excluding carboxylic acids is 1. The van der Waals surface area contributed by atoms with Crippen LogP contribution in [0.1, 0.15) is 5.56 Å². The Morgan fingerprint density at radius 3 is 2.52 bits per heavy atom. The van der Waals surface area contributed by atoms with Gasteiger partial charge in [-0.2, -0.15) is 0 Å². The molecule has 4 aromatic rings. The van der Waals surface area contributed by atoms with Crippen molar-refractivity contribution in [1.82, 2.24) is 4.98 Å². The number of rotatable bonds is 4. The maximum absolute atomic E-state index is 12.3. The van der Waals surface area contributed by atoms with E-state index in [1.807, 2.05) is 53.9 Å². The van der Waals surface area contributed by atoms with Gasteiger partial charge in [0.15, 0.2) is 5.13 Å². The van der Waals surface area contributed by atoms with E-state index in [-0.39, 0.29) is 5.91 Å². The number of fused-ring (bicyclic) bond motifs is 1. The number of nitrogens with one attached hydrogen (secondary N) is 1. The molecule has 0 aliphatic rings. The van der Waals surface area contributed by atoms with Crippen LogP contribution >= 0.6 is 11.3 Å². The molecule has 1 amide bonds. The summed E-state index contributed by atoms with van der Waals surface area (Å²) in [6, 6.07) is 24.2. The number of thiazole rings is 1. The van der Waals surface area contributed by atoms with Crippen LogP contribution in [0, 0.1) is 0 Å². The highest BCUT2D eigenvalue weighted by molar-refractivity contribution is 7.14. The predicted octanol–water partition coefficient (Wildman–Crippen LogP) is 5.14. The Balaban J connectivity index is 1.46. The molecule has 4 rings (SSSR count). The van der Waals surface area contributed by atoms with Crippen molar-refractivity contribution in [3.8, 4) is 11.3 Å². The Morgan fingerprint density at radius 1 is 0.920 bits per heavy atom. The Kier molecular flexibility index (Phi) is 4.27. The number of carbonyl (C=O) groups is 1. The fourth-order valence-electron chi connectivity index (χ4n) is 2.77. The minimum Gasteiger partial charge on any atom is -0.302 e. The summed E-state index contributed by atoms with van der Waals surface area (Å²) in [5.41, 5.74) is 2.93. The number of nitrogens with zero attached hydrogens (tertiary/aromatic N) is 1. The molecule has 0 saturated heterocycles. The second-order valence-electron chi connectivity index (χ2n) is 5.81. The van der Waals surface area contributed by atoms with E-state index in [1.54, 1.807) is 0 Å². The van der Waals surface area contributed by atoms with Gasteiger partial charge in [-0.25, -0.2) is 4.98 Å². The lowest BCUT2D eigenvalue weighted by molar-refractivity contribution is -0.115. The maximum Gasteiger partial charge on any atom is 0.230 e. The van der Waals surface area contributed by atoms with E-state index in [0.717, 1.165) is 22.2 Å². The molecular formula is C21H16N2OS. The van der Waals surface area contributed by atoms with E-state index in [4.69, 9.17) is 0 Å². The molecule has 4 heteroatoms. The van der Waals surface area contributed by atoms with Gasteiger partial charge in [0.05, 0.1) is 12.1 Å². The second-order valence-corrected chi connectivity index (χ2v) is 6.67. The van der Waals surface area contributed by atoms with Gasteiger partial charge in [0.2, 0.25) is 5.91 Å². The lowest BCUT2D eigenvalue weighted by atomic mass is 10.1. The smallest absolute Gasteiger partial charge is 0.230 e. The predicted molar refractivity (Wildman–Crippen MR) is 104 cm³/mol. The van der Waals surface area contributed by atoms with E-state index in [0.29, 0.717) is 11.6 Å². The minimum atomic E-state index is -0.0516. The first-order chi connectivity index (χ1) is 12.3. The van der Waals surface area contributed by atoms with Gasteiger partial charge in [0.1, 0.15) is 0 Å². The average molecular weight is 344 g/mol. The third-order valence-corrected chi connectivity index (χ3v) is 4.76. The fraction of sp³-hybridized carbons (Fsp3) is 0.0476. The quantitative estimate of drug-likeness (QED) is 0.557. The standard InChI is InChI=1S/C21H16N2OS/c24-20(13-15-10-11-16-6-4-5-9-18(16)12-15)23-21-22-19(14-25-21)17-7-2-1-3-8-17/h1-12,14H,13H2,(H,22,23,24). The monoisotopic (exact) mass is 344 g/mol. The third kappa shape index (κ3) is 3.59. The number of amides is 1. The topological polar surface area (TPSA) is 42.0 Å². The molecule has 0 aliphatic heterocycles. The summed E-state index contributed by atoms with van der Waals surface area (Å²) in [4.78, 5) is 16.8. The summed E-state index contributed by atoms with van der Waals surface area (Å²) in [6.45, 7) is 0. The SMILES string of the molecule is O=C(Cc1ccc2ccccc2c1)Nc1nc(-c2ccccc2)cs1. The minimum absolute atomic E-state index is 0.0516. The van der Waals surface area contributed by atoms with Crippen molar-refractivity contribution in [3.63, 3.8) is 0 Å². The molecule has 0 unspecified atom stereocenters. The van der Waals surface area contributed by atoms with Crippen LogP contribution in [0.4, 0.5) is 5.13 Å². The van der Waals surface area contributed by atoms with Crippen LogP contribution in [-0.2, 0) is 11.2 Å². The van der Waals surface area contributed by atoms with Crippen molar-refractivity contribution in [1.29, 1.82) is 0 Å². The summed E-state index contributed by atoms with van der Waals surface area (Å²) in [5, 5.41) is 7.81. The number of anilines is 1. The van der Waals surface area contributed by atoms with Gasteiger partial charge in [-0.3, -0.25) is 4.79 Å². The molecule has 0 saturated carbocycles. The van der Waals surface area contributed by atoms with Gasteiger partial charge in [0.25, 0.3) is 0 Å². The van der Waals surface area contributed by atoms with Crippen LogP contribution in [0.2, 0.25) is 0 Å². The van der Waals surface area contributed by atoms with Gasteiger partial charge in [-0.05, 0) is 16.3 Å². The zero-order valence-electron chi connectivity index (χ0n) is 13.5. The highest BCUT2D eigenvalue weighted by Gasteiger charge is 2.09. The fourth-order valence-corrected chi connectivity index (χ4v) is 3.51. The summed E-state index contributed by atoms with van der Waals surface area (Å²) < 4.78 is 0. The number of aromatic nitrogens is 1. The zero-order chi connectivity index (χ0) is 17.1. The van der Waals surface area contributed by atoms with Crippen molar-refractivity contribution >= 4 is 33.1 Å². The molecule has 0 fully saturated rings. The highest BCUT2D eigenvalue weighted by atomic mass is 32.1. The Bertz CT molecular complexity index is 1020. The van der Waals surface area contributed by atoms with E-state index in [2.05, 4.69) is 34.6 Å². The summed E-state index contributed by atoms with van der Waals surface area (Å²) in [6.07, 6.45) is 0.338. The van der Waals surface area contributed by atoms with Gasteiger partial charge in [0, 0.05) is 10.9 Å². The van der Waals surface area contributed by atoms with Gasteiger partial charge >= 0.3 is 0 Å². The third-order valence-electron chi connectivity index (χ3n) is 4.00. The van der Waals surface area contributed by atoms with E-state index >= 15 is 0 Å². The second kappa shape index (κ2) is 6.87. The molecule has 122 valence electrons. The van der Waals surface area contributed by atoms with Crippen LogP contribution < -0.4 is 5.32 Å². The van der Waals surface area contributed by atoms with Crippen LogP contribution in [0.3, 0.4) is 0 Å². The molecule has 0 spiro atoms. The normalized spacial score (nSPS) is 10.7. The number of hydrogen-bond acceptors (Lipinski definition) is 3. The zero-order valence-corrected chi connectivity index (χ0v) is 14.3. The van der Waals surface area contributed by atoms with E-state index in [9.17, 15) is 4.79 Å². The molecular weight excluding hydrogens is 328 g/mol. The lowest BCUT2D eigenvalue weighted by Gasteiger charge is -2.04. The van der Waals surface area contributed by atoms with Crippen LogP contribution in [0.5, 0.6) is 0 Å². The van der Waals surface area contributed by atoms with Crippen molar-refractivity contribution in [2.24, 2.45) is 0 Å². The van der Waals surface area contributed by atoms with Crippen molar-refractivity contribution in [3.05, 3.63) is 83.7 Å². The van der Waals surface area contributed by atoms with Crippen molar-refractivity contribution < 1.29 is 4.79 Å². The van der Waals surface area contributed by atoms with Crippen LogP contribution in [0.25, 0.3) is 22.0 Å². The first-order valence-corrected chi connectivity index (χ1v) is 8.94.